The Kier molecular flexibility index (Phi) is 10.5. The van der Waals surface area contributed by atoms with Gasteiger partial charge in [-0.25, -0.2) is 4.98 Å². The molecule has 25 heavy (non-hydrogen) atoms. The molecule has 11 heteroatoms. The number of alkyl halides is 3. The minimum absolute atomic E-state index is 0. The predicted molar refractivity (Wildman–Crippen MR) is 95.9 cm³/mol. The van der Waals surface area contributed by atoms with Crippen LogP contribution in [-0.2, 0) is 11.0 Å². The molecule has 0 aliphatic carbocycles. The van der Waals surface area contributed by atoms with Crippen LogP contribution in [0.2, 0.25) is 5.02 Å². The number of aromatic nitrogens is 1. The van der Waals surface area contributed by atoms with E-state index in [0.717, 1.165) is 25.5 Å². The lowest BCUT2D eigenvalue weighted by atomic mass is 10.2. The van der Waals surface area contributed by atoms with E-state index in [1.165, 1.54) is 0 Å². The summed E-state index contributed by atoms with van der Waals surface area (Å²) in [6.07, 6.45) is -1.43. The molecule has 2 heterocycles. The molecule has 144 valence electrons. The quantitative estimate of drug-likeness (QED) is 0.657. The van der Waals surface area contributed by atoms with Gasteiger partial charge in [0.15, 0.2) is 0 Å². The fraction of sp³-hybridized carbons (Fsp3) is 0.571. The van der Waals surface area contributed by atoms with Gasteiger partial charge in [-0.15, -0.1) is 24.8 Å². The van der Waals surface area contributed by atoms with E-state index in [-0.39, 0.29) is 54.5 Å². The van der Waals surface area contributed by atoms with Crippen molar-refractivity contribution in [1.82, 2.24) is 15.6 Å². The molecule has 0 spiro atoms. The van der Waals surface area contributed by atoms with E-state index < -0.39 is 11.7 Å². The Morgan fingerprint density at radius 2 is 2.12 bits per heavy atom. The number of rotatable bonds is 6. The Labute approximate surface area is 161 Å². The lowest BCUT2D eigenvalue weighted by molar-refractivity contribution is -0.137. The second kappa shape index (κ2) is 10.9. The number of halogens is 6. The summed E-state index contributed by atoms with van der Waals surface area (Å²) in [5, 5.41) is 8.71. The van der Waals surface area contributed by atoms with Crippen LogP contribution in [0.25, 0.3) is 0 Å². The van der Waals surface area contributed by atoms with Gasteiger partial charge in [0.05, 0.1) is 10.6 Å². The lowest BCUT2D eigenvalue weighted by Gasteiger charge is -2.12. The Morgan fingerprint density at radius 3 is 2.68 bits per heavy atom. The fourth-order valence-corrected chi connectivity index (χ4v) is 2.51. The molecule has 0 radical (unpaired) electrons. The summed E-state index contributed by atoms with van der Waals surface area (Å²) >= 11 is 5.76. The van der Waals surface area contributed by atoms with E-state index in [1.807, 2.05) is 0 Å². The molecule has 1 aliphatic heterocycles. The summed E-state index contributed by atoms with van der Waals surface area (Å²) < 4.78 is 37.5. The van der Waals surface area contributed by atoms with Crippen LogP contribution in [-0.4, -0.2) is 36.6 Å². The highest BCUT2D eigenvalue weighted by atomic mass is 35.5. The molecule has 1 amide bonds. The minimum Gasteiger partial charge on any atom is -0.368 e. The van der Waals surface area contributed by atoms with Gasteiger partial charge in [-0.1, -0.05) is 11.6 Å². The first-order valence-electron chi connectivity index (χ1n) is 7.33. The smallest absolute Gasteiger partial charge is 0.368 e. The van der Waals surface area contributed by atoms with Crippen LogP contribution in [0.1, 0.15) is 24.8 Å². The van der Waals surface area contributed by atoms with Gasteiger partial charge in [0.1, 0.15) is 5.82 Å². The summed E-state index contributed by atoms with van der Waals surface area (Å²) in [7, 11) is 0. The Bertz CT molecular complexity index is 555. The molecule has 1 aromatic rings. The van der Waals surface area contributed by atoms with Gasteiger partial charge in [-0.2, -0.15) is 13.2 Å². The summed E-state index contributed by atoms with van der Waals surface area (Å²) in [6, 6.07) is 1.13. The molecule has 1 aliphatic rings. The molecular formula is C14H20Cl3F3N4O. The first-order chi connectivity index (χ1) is 10.9. The molecule has 1 saturated heterocycles. The SMILES string of the molecule is Cl.Cl.O=C(CCNc1ncc(C(F)(F)F)cc1Cl)NCC1CCCN1. The van der Waals surface area contributed by atoms with Crippen molar-refractivity contribution in [3.8, 4) is 0 Å². The van der Waals surface area contributed by atoms with Crippen molar-refractivity contribution in [3.05, 3.63) is 22.8 Å². The molecule has 0 saturated carbocycles. The van der Waals surface area contributed by atoms with Gasteiger partial charge in [-0.3, -0.25) is 4.79 Å². The van der Waals surface area contributed by atoms with Crippen LogP contribution in [0, 0.1) is 0 Å². The highest BCUT2D eigenvalue weighted by Gasteiger charge is 2.31. The van der Waals surface area contributed by atoms with Crippen molar-refractivity contribution >= 4 is 48.1 Å². The third-order valence-corrected chi connectivity index (χ3v) is 3.81. The van der Waals surface area contributed by atoms with Gasteiger partial charge >= 0.3 is 6.18 Å². The zero-order valence-electron chi connectivity index (χ0n) is 13.2. The summed E-state index contributed by atoms with van der Waals surface area (Å²) in [6.45, 7) is 1.79. The lowest BCUT2D eigenvalue weighted by Crippen LogP contribution is -2.37. The predicted octanol–water partition coefficient (Wildman–Crippen LogP) is 3.27. The monoisotopic (exact) mass is 422 g/mol. The van der Waals surface area contributed by atoms with Crippen molar-refractivity contribution in [3.63, 3.8) is 0 Å². The molecule has 0 bridgehead atoms. The van der Waals surface area contributed by atoms with Crippen molar-refractivity contribution < 1.29 is 18.0 Å². The standard InChI is InChI=1S/C14H18ClF3N4O.2ClH/c15-11-6-9(14(16,17)18)7-22-13(11)20-5-3-12(23)21-8-10-2-1-4-19-10;;/h6-7,10,19H,1-5,8H2,(H,20,22)(H,21,23);2*1H. The number of pyridine rings is 1. The molecule has 3 N–H and O–H groups in total. The summed E-state index contributed by atoms with van der Waals surface area (Å²) in [4.78, 5) is 15.3. The summed E-state index contributed by atoms with van der Waals surface area (Å²) in [5.41, 5.74) is -0.908. The van der Waals surface area contributed by atoms with Crippen molar-refractivity contribution in [2.75, 3.05) is 25.0 Å². The van der Waals surface area contributed by atoms with E-state index in [4.69, 9.17) is 11.6 Å². The van der Waals surface area contributed by atoms with Gasteiger partial charge in [0.2, 0.25) is 5.91 Å². The average Bonchev–Trinajstić information content (AvgIpc) is 2.99. The molecule has 1 fully saturated rings. The number of hydrogen-bond acceptors (Lipinski definition) is 4. The number of anilines is 1. The van der Waals surface area contributed by atoms with Crippen molar-refractivity contribution in [2.45, 2.75) is 31.5 Å². The van der Waals surface area contributed by atoms with E-state index >= 15 is 0 Å². The second-order valence-corrected chi connectivity index (χ2v) is 5.73. The zero-order valence-corrected chi connectivity index (χ0v) is 15.5. The van der Waals surface area contributed by atoms with Crippen LogP contribution in [0.15, 0.2) is 12.3 Å². The molecule has 1 unspecified atom stereocenters. The molecule has 2 rings (SSSR count). The van der Waals surface area contributed by atoms with Gasteiger partial charge in [0, 0.05) is 31.7 Å². The Hall–Kier alpha value is -0.960. The van der Waals surface area contributed by atoms with E-state index in [2.05, 4.69) is 20.9 Å². The van der Waals surface area contributed by atoms with Crippen LogP contribution < -0.4 is 16.0 Å². The Morgan fingerprint density at radius 1 is 1.40 bits per heavy atom. The van der Waals surface area contributed by atoms with Crippen molar-refractivity contribution in [2.24, 2.45) is 0 Å². The van der Waals surface area contributed by atoms with Gasteiger partial charge in [-0.05, 0) is 25.5 Å². The van der Waals surface area contributed by atoms with Gasteiger partial charge in [0.25, 0.3) is 0 Å². The highest BCUT2D eigenvalue weighted by molar-refractivity contribution is 6.32. The maximum absolute atomic E-state index is 12.5. The van der Waals surface area contributed by atoms with E-state index in [9.17, 15) is 18.0 Å². The molecule has 0 aromatic carbocycles. The zero-order chi connectivity index (χ0) is 16.9. The topological polar surface area (TPSA) is 66.0 Å². The first-order valence-corrected chi connectivity index (χ1v) is 7.71. The fourth-order valence-electron chi connectivity index (χ4n) is 2.27. The first kappa shape index (κ1) is 24.0. The number of nitrogens with zero attached hydrogens (tertiary/aromatic N) is 1. The van der Waals surface area contributed by atoms with E-state index in [0.29, 0.717) is 18.8 Å². The highest BCUT2D eigenvalue weighted by Crippen LogP contribution is 2.32. The minimum atomic E-state index is -4.48. The largest absolute Gasteiger partial charge is 0.417 e. The van der Waals surface area contributed by atoms with Crippen LogP contribution in [0.3, 0.4) is 0 Å². The number of carbonyl (C=O) groups excluding carboxylic acids is 1. The third kappa shape index (κ3) is 7.85. The number of hydrogen-bond donors (Lipinski definition) is 3. The second-order valence-electron chi connectivity index (χ2n) is 5.33. The van der Waals surface area contributed by atoms with Crippen LogP contribution >= 0.6 is 36.4 Å². The van der Waals surface area contributed by atoms with Gasteiger partial charge < -0.3 is 16.0 Å². The van der Waals surface area contributed by atoms with Crippen LogP contribution in [0.5, 0.6) is 0 Å². The average molecular weight is 424 g/mol. The Balaban J connectivity index is 0.00000288. The van der Waals surface area contributed by atoms with E-state index in [1.54, 1.807) is 0 Å². The molecule has 5 nitrogen and oxygen atoms in total. The third-order valence-electron chi connectivity index (χ3n) is 3.52. The normalized spacial score (nSPS) is 16.6. The number of nitrogens with one attached hydrogen (secondary N) is 3. The maximum Gasteiger partial charge on any atom is 0.417 e. The number of amides is 1. The van der Waals surface area contributed by atoms with Crippen molar-refractivity contribution in [1.29, 1.82) is 0 Å². The number of carbonyl (C=O) groups is 1. The maximum atomic E-state index is 12.5. The molecular weight excluding hydrogens is 404 g/mol. The summed E-state index contributed by atoms with van der Waals surface area (Å²) in [5.74, 6) is -0.000777. The molecule has 1 atom stereocenters. The van der Waals surface area contributed by atoms with Crippen LogP contribution in [0.4, 0.5) is 19.0 Å². The molecule has 1 aromatic heterocycles.